The minimum absolute atomic E-state index is 0.166. The van der Waals surface area contributed by atoms with Crippen LogP contribution in [0.4, 0.5) is 0 Å². The maximum absolute atomic E-state index is 12.8. The van der Waals surface area contributed by atoms with Gasteiger partial charge in [0.1, 0.15) is 5.75 Å². The van der Waals surface area contributed by atoms with Gasteiger partial charge in [-0.25, -0.2) is 9.97 Å². The molecule has 2 saturated heterocycles. The highest BCUT2D eigenvalue weighted by molar-refractivity contribution is 5.78. The number of rotatable bonds is 6. The van der Waals surface area contributed by atoms with Gasteiger partial charge in [-0.1, -0.05) is 24.3 Å². The molecule has 7 nitrogen and oxygen atoms in total. The number of nitrogens with zero attached hydrogens (tertiary/aromatic N) is 5. The number of hydrogen-bond acceptors (Lipinski definition) is 6. The van der Waals surface area contributed by atoms with Gasteiger partial charge in [-0.3, -0.25) is 14.7 Å². The molecule has 5 rings (SSSR count). The lowest BCUT2D eigenvalue weighted by Gasteiger charge is -2.56. The van der Waals surface area contributed by atoms with E-state index in [-0.39, 0.29) is 5.91 Å². The van der Waals surface area contributed by atoms with Gasteiger partial charge in [0, 0.05) is 55.9 Å². The van der Waals surface area contributed by atoms with Crippen LogP contribution in [0.1, 0.15) is 37.1 Å². The molecule has 0 saturated carbocycles. The van der Waals surface area contributed by atoms with E-state index >= 15 is 0 Å². The summed E-state index contributed by atoms with van der Waals surface area (Å²) in [4.78, 5) is 30.3. The average molecular weight is 458 g/mol. The Morgan fingerprint density at radius 2 is 1.74 bits per heavy atom. The number of piperidine rings is 1. The second-order valence-corrected chi connectivity index (χ2v) is 9.52. The zero-order valence-corrected chi connectivity index (χ0v) is 19.9. The van der Waals surface area contributed by atoms with Crippen molar-refractivity contribution in [3.63, 3.8) is 0 Å². The molecule has 1 spiro atoms. The number of aromatic nitrogens is 3. The summed E-state index contributed by atoms with van der Waals surface area (Å²) in [5.74, 6) is 1.63. The molecule has 0 N–H and O–H groups in total. The third-order valence-electron chi connectivity index (χ3n) is 7.38. The number of likely N-dealkylation sites (tertiary alicyclic amines) is 2. The average Bonchev–Trinajstić information content (AvgIpc) is 2.88. The molecule has 0 aliphatic carbocycles. The molecule has 0 bridgehead atoms. The molecule has 2 aromatic heterocycles. The van der Waals surface area contributed by atoms with Crippen molar-refractivity contribution in [2.45, 2.75) is 32.2 Å². The van der Waals surface area contributed by atoms with Crippen LogP contribution in [-0.4, -0.2) is 63.9 Å². The maximum atomic E-state index is 12.8. The minimum atomic E-state index is 0.166. The molecule has 7 heteroatoms. The summed E-state index contributed by atoms with van der Waals surface area (Å²) in [5.41, 5.74) is 3.49. The lowest BCUT2D eigenvalue weighted by molar-refractivity contribution is -0.136. The number of benzene rings is 1. The highest BCUT2D eigenvalue weighted by Gasteiger charge is 2.46. The van der Waals surface area contributed by atoms with E-state index in [2.05, 4.69) is 51.0 Å². The first-order valence-corrected chi connectivity index (χ1v) is 11.9. The predicted octanol–water partition coefficient (Wildman–Crippen LogP) is 3.78. The number of hydrogen-bond donors (Lipinski definition) is 0. The van der Waals surface area contributed by atoms with E-state index in [0.29, 0.717) is 23.6 Å². The van der Waals surface area contributed by atoms with E-state index in [1.54, 1.807) is 25.7 Å². The molecular formula is C27H31N5O2. The Hall–Kier alpha value is -3.32. The van der Waals surface area contributed by atoms with E-state index in [1.165, 1.54) is 5.56 Å². The van der Waals surface area contributed by atoms with E-state index in [4.69, 9.17) is 4.74 Å². The summed E-state index contributed by atoms with van der Waals surface area (Å²) in [6, 6.07) is 14.5. The Bertz CT molecular complexity index is 1100. The fourth-order valence-electron chi connectivity index (χ4n) is 5.11. The van der Waals surface area contributed by atoms with Gasteiger partial charge in [-0.05, 0) is 48.9 Å². The largest absolute Gasteiger partial charge is 0.495 e. The summed E-state index contributed by atoms with van der Waals surface area (Å²) in [5, 5.41) is 0. The Morgan fingerprint density at radius 1 is 1.03 bits per heavy atom. The van der Waals surface area contributed by atoms with E-state index in [1.807, 2.05) is 23.1 Å². The van der Waals surface area contributed by atoms with Gasteiger partial charge in [0.25, 0.3) is 0 Å². The van der Waals surface area contributed by atoms with Crippen LogP contribution in [0.25, 0.3) is 11.4 Å². The monoisotopic (exact) mass is 457 g/mol. The highest BCUT2D eigenvalue weighted by atomic mass is 16.5. The third-order valence-corrected chi connectivity index (χ3v) is 7.38. The van der Waals surface area contributed by atoms with E-state index < -0.39 is 0 Å². The number of pyridine rings is 1. The van der Waals surface area contributed by atoms with Crippen LogP contribution < -0.4 is 4.74 Å². The van der Waals surface area contributed by atoms with Gasteiger partial charge in [0.15, 0.2) is 5.82 Å². The van der Waals surface area contributed by atoms with E-state index in [0.717, 1.165) is 56.1 Å². The van der Waals surface area contributed by atoms with Crippen LogP contribution in [0, 0.1) is 5.41 Å². The smallest absolute Gasteiger partial charge is 0.228 e. The van der Waals surface area contributed by atoms with Gasteiger partial charge in [0.2, 0.25) is 5.91 Å². The lowest BCUT2D eigenvalue weighted by atomic mass is 9.71. The molecule has 2 aliphatic rings. The number of carbonyl (C=O) groups is 1. The van der Waals surface area contributed by atoms with Crippen LogP contribution in [0.15, 0.2) is 61.1 Å². The molecule has 1 atom stereocenters. The quantitative estimate of drug-likeness (QED) is 0.561. The van der Waals surface area contributed by atoms with Crippen molar-refractivity contribution >= 4 is 5.91 Å². The van der Waals surface area contributed by atoms with Gasteiger partial charge in [-0.15, -0.1) is 0 Å². The van der Waals surface area contributed by atoms with Crippen molar-refractivity contribution in [1.29, 1.82) is 0 Å². The Balaban J connectivity index is 1.11. The lowest BCUT2D eigenvalue weighted by Crippen LogP contribution is -2.61. The van der Waals surface area contributed by atoms with Gasteiger partial charge < -0.3 is 9.64 Å². The summed E-state index contributed by atoms with van der Waals surface area (Å²) in [6.45, 7) is 6.15. The van der Waals surface area contributed by atoms with Crippen LogP contribution in [0.2, 0.25) is 0 Å². The van der Waals surface area contributed by atoms with Gasteiger partial charge in [0.05, 0.1) is 19.7 Å². The molecule has 2 fully saturated rings. The number of ether oxygens (including phenoxy) is 1. The topological polar surface area (TPSA) is 71.5 Å². The van der Waals surface area contributed by atoms with Crippen LogP contribution in [-0.2, 0) is 11.2 Å². The normalized spacial score (nSPS) is 18.4. The second-order valence-electron chi connectivity index (χ2n) is 9.52. The van der Waals surface area contributed by atoms with E-state index in [9.17, 15) is 4.79 Å². The van der Waals surface area contributed by atoms with Gasteiger partial charge in [-0.2, -0.15) is 0 Å². The maximum Gasteiger partial charge on any atom is 0.228 e. The van der Waals surface area contributed by atoms with Crippen molar-refractivity contribution in [2.24, 2.45) is 5.41 Å². The Morgan fingerprint density at radius 3 is 2.35 bits per heavy atom. The first-order chi connectivity index (χ1) is 16.5. The second kappa shape index (κ2) is 9.50. The third kappa shape index (κ3) is 4.66. The number of carbonyl (C=O) groups excluding carboxylic acids is 1. The molecule has 2 aliphatic heterocycles. The fourth-order valence-corrected chi connectivity index (χ4v) is 5.11. The number of amides is 1. The van der Waals surface area contributed by atoms with Crippen molar-refractivity contribution in [3.8, 4) is 17.1 Å². The van der Waals surface area contributed by atoms with Crippen LogP contribution in [0.3, 0.4) is 0 Å². The zero-order valence-electron chi connectivity index (χ0n) is 19.9. The molecule has 176 valence electrons. The first kappa shape index (κ1) is 22.5. The molecular weight excluding hydrogens is 426 g/mol. The van der Waals surface area contributed by atoms with Crippen LogP contribution in [0.5, 0.6) is 5.75 Å². The fraction of sp³-hybridized carbons (Fsp3) is 0.407. The first-order valence-electron chi connectivity index (χ1n) is 11.9. The summed E-state index contributed by atoms with van der Waals surface area (Å²) in [7, 11) is 1.62. The Kier molecular flexibility index (Phi) is 6.28. The summed E-state index contributed by atoms with van der Waals surface area (Å²) in [6.07, 6.45) is 7.70. The van der Waals surface area contributed by atoms with Crippen molar-refractivity contribution in [2.75, 3.05) is 33.3 Å². The highest BCUT2D eigenvalue weighted by Crippen LogP contribution is 2.44. The molecule has 0 radical (unpaired) electrons. The Labute approximate surface area is 200 Å². The molecule has 1 amide bonds. The molecule has 3 aromatic rings. The van der Waals surface area contributed by atoms with Crippen molar-refractivity contribution in [1.82, 2.24) is 24.8 Å². The summed E-state index contributed by atoms with van der Waals surface area (Å²) < 4.78 is 5.14. The number of methoxy groups -OCH3 is 1. The molecule has 4 heterocycles. The summed E-state index contributed by atoms with van der Waals surface area (Å²) >= 11 is 0. The standard InChI is InChI=1S/C27H31N5O2/c1-20(21-4-6-22(7-5-21)26-28-12-3-13-29-26)32-18-27(19-32)10-14-31(15-11-27)25(33)16-23-8-9-24(34-2)17-30-23/h3-9,12-13,17,20H,10-11,14-16,18-19H2,1-2H3. The van der Waals surface area contributed by atoms with Gasteiger partial charge >= 0.3 is 0 Å². The van der Waals surface area contributed by atoms with Crippen molar-refractivity contribution < 1.29 is 9.53 Å². The minimum Gasteiger partial charge on any atom is -0.495 e. The molecule has 1 aromatic carbocycles. The molecule has 34 heavy (non-hydrogen) atoms. The van der Waals surface area contributed by atoms with Crippen LogP contribution >= 0.6 is 0 Å². The predicted molar refractivity (Wildman–Crippen MR) is 130 cm³/mol. The van der Waals surface area contributed by atoms with Crippen molar-refractivity contribution in [3.05, 3.63) is 72.3 Å². The SMILES string of the molecule is COc1ccc(CC(=O)N2CCC3(CC2)CN(C(C)c2ccc(-c4ncccn4)cc2)C3)nc1. The zero-order chi connectivity index (χ0) is 23.5. The molecule has 1 unspecified atom stereocenters.